The van der Waals surface area contributed by atoms with Gasteiger partial charge >= 0.3 is 0 Å². The molecule has 20 heavy (non-hydrogen) atoms. The van der Waals surface area contributed by atoms with Crippen LogP contribution in [-0.4, -0.2) is 14.5 Å². The Morgan fingerprint density at radius 2 is 2.00 bits per heavy atom. The zero-order chi connectivity index (χ0) is 14.9. The van der Waals surface area contributed by atoms with E-state index in [1.165, 1.54) is 6.07 Å². The number of hydrogen-bond donors (Lipinski definition) is 1. The summed E-state index contributed by atoms with van der Waals surface area (Å²) in [5, 5.41) is -0.0889. The lowest BCUT2D eigenvalue weighted by Gasteiger charge is -2.34. The normalized spacial score (nSPS) is 27.5. The molecule has 3 atom stereocenters. The Labute approximate surface area is 124 Å². The molecule has 2 rings (SSSR count). The minimum Gasteiger partial charge on any atom is -0.208 e. The van der Waals surface area contributed by atoms with E-state index in [2.05, 4.69) is 18.6 Å². The number of benzene rings is 1. The number of halogens is 2. The van der Waals surface area contributed by atoms with Crippen LogP contribution in [0.15, 0.2) is 23.1 Å². The van der Waals surface area contributed by atoms with Gasteiger partial charge in [-0.3, -0.25) is 0 Å². The highest BCUT2D eigenvalue weighted by atomic mass is 35.5. The third-order valence-electron chi connectivity index (χ3n) is 4.20. The number of sulfonamides is 1. The summed E-state index contributed by atoms with van der Waals surface area (Å²) in [6.45, 7) is 4.19. The molecule has 0 aliphatic heterocycles. The molecule has 0 amide bonds. The SMILES string of the molecule is CC1CCCC(NS(=O)(=O)c2ccc(F)cc2Cl)C1C. The number of rotatable bonds is 3. The molecule has 1 saturated carbocycles. The summed E-state index contributed by atoms with van der Waals surface area (Å²) in [4.78, 5) is -0.0639. The molecule has 0 heterocycles. The van der Waals surface area contributed by atoms with Crippen molar-refractivity contribution in [3.8, 4) is 0 Å². The van der Waals surface area contributed by atoms with Crippen molar-refractivity contribution in [3.63, 3.8) is 0 Å². The molecular weight excluding hydrogens is 301 g/mol. The fraction of sp³-hybridized carbons (Fsp3) is 0.571. The Kier molecular flexibility index (Phi) is 4.72. The second kappa shape index (κ2) is 6.00. The van der Waals surface area contributed by atoms with E-state index in [0.717, 1.165) is 31.4 Å². The third-order valence-corrected chi connectivity index (χ3v) is 6.17. The first-order valence-corrected chi connectivity index (χ1v) is 8.65. The summed E-state index contributed by atoms with van der Waals surface area (Å²) in [5.41, 5.74) is 0. The molecule has 1 fully saturated rings. The molecule has 3 unspecified atom stereocenters. The lowest BCUT2D eigenvalue weighted by atomic mass is 9.78. The molecule has 0 saturated heterocycles. The maximum Gasteiger partial charge on any atom is 0.242 e. The molecule has 0 aromatic heterocycles. The second-order valence-electron chi connectivity index (χ2n) is 5.57. The van der Waals surface area contributed by atoms with Gasteiger partial charge in [-0.1, -0.05) is 38.3 Å². The Balaban J connectivity index is 2.22. The summed E-state index contributed by atoms with van der Waals surface area (Å²) < 4.78 is 40.5. The second-order valence-corrected chi connectivity index (χ2v) is 7.66. The van der Waals surface area contributed by atoms with Gasteiger partial charge < -0.3 is 0 Å². The van der Waals surface area contributed by atoms with Crippen molar-refractivity contribution in [2.24, 2.45) is 11.8 Å². The first-order chi connectivity index (χ1) is 9.31. The average molecular weight is 320 g/mol. The van der Waals surface area contributed by atoms with E-state index in [-0.39, 0.29) is 21.9 Å². The van der Waals surface area contributed by atoms with Crippen LogP contribution in [-0.2, 0) is 10.0 Å². The van der Waals surface area contributed by atoms with E-state index in [9.17, 15) is 12.8 Å². The van der Waals surface area contributed by atoms with Crippen LogP contribution in [0.5, 0.6) is 0 Å². The Hall–Kier alpha value is -0.650. The van der Waals surface area contributed by atoms with Crippen molar-refractivity contribution in [1.29, 1.82) is 0 Å². The van der Waals surface area contributed by atoms with Gasteiger partial charge in [0.15, 0.2) is 0 Å². The smallest absolute Gasteiger partial charge is 0.208 e. The Morgan fingerprint density at radius 3 is 2.65 bits per heavy atom. The fourth-order valence-electron chi connectivity index (χ4n) is 2.70. The summed E-state index contributed by atoms with van der Waals surface area (Å²) in [7, 11) is -3.71. The maximum atomic E-state index is 13.0. The van der Waals surface area contributed by atoms with E-state index in [1.807, 2.05) is 0 Å². The van der Waals surface area contributed by atoms with Crippen LogP contribution in [0.25, 0.3) is 0 Å². The zero-order valence-corrected chi connectivity index (χ0v) is 13.1. The van der Waals surface area contributed by atoms with Gasteiger partial charge in [0.1, 0.15) is 10.7 Å². The number of nitrogens with one attached hydrogen (secondary N) is 1. The van der Waals surface area contributed by atoms with Crippen molar-refractivity contribution in [1.82, 2.24) is 4.72 Å². The third kappa shape index (κ3) is 3.32. The molecule has 0 radical (unpaired) electrons. The topological polar surface area (TPSA) is 46.2 Å². The fourth-order valence-corrected chi connectivity index (χ4v) is 4.60. The Bertz CT molecular complexity index is 591. The largest absolute Gasteiger partial charge is 0.242 e. The van der Waals surface area contributed by atoms with Crippen molar-refractivity contribution in [3.05, 3.63) is 29.0 Å². The van der Waals surface area contributed by atoms with Crippen LogP contribution in [0.2, 0.25) is 5.02 Å². The van der Waals surface area contributed by atoms with E-state index in [1.54, 1.807) is 0 Å². The van der Waals surface area contributed by atoms with Gasteiger partial charge in [0.2, 0.25) is 10.0 Å². The Morgan fingerprint density at radius 1 is 1.30 bits per heavy atom. The van der Waals surface area contributed by atoms with E-state index >= 15 is 0 Å². The molecule has 0 bridgehead atoms. The minimum absolute atomic E-state index is 0.0639. The lowest BCUT2D eigenvalue weighted by molar-refractivity contribution is 0.227. The minimum atomic E-state index is -3.71. The van der Waals surface area contributed by atoms with Crippen LogP contribution in [0, 0.1) is 17.7 Å². The summed E-state index contributed by atoms with van der Waals surface area (Å²) in [5.74, 6) is 0.214. The zero-order valence-electron chi connectivity index (χ0n) is 11.6. The van der Waals surface area contributed by atoms with E-state index in [4.69, 9.17) is 11.6 Å². The van der Waals surface area contributed by atoms with Crippen LogP contribution in [0.1, 0.15) is 33.1 Å². The van der Waals surface area contributed by atoms with Gasteiger partial charge in [-0.05, 0) is 36.5 Å². The average Bonchev–Trinajstić information content (AvgIpc) is 2.34. The molecule has 1 aliphatic rings. The predicted octanol–water partition coefficient (Wildman–Crippen LogP) is 3.58. The standard InChI is InChI=1S/C14H19ClFNO2S/c1-9-4-3-5-13(10(9)2)17-20(18,19)14-7-6-11(16)8-12(14)15/h6-10,13,17H,3-5H2,1-2H3. The van der Waals surface area contributed by atoms with E-state index in [0.29, 0.717) is 5.92 Å². The molecular formula is C14H19ClFNO2S. The number of hydrogen-bond acceptors (Lipinski definition) is 2. The highest BCUT2D eigenvalue weighted by molar-refractivity contribution is 7.89. The molecule has 6 heteroatoms. The predicted molar refractivity (Wildman–Crippen MR) is 77.7 cm³/mol. The summed E-state index contributed by atoms with van der Waals surface area (Å²) >= 11 is 5.84. The van der Waals surface area contributed by atoms with Crippen LogP contribution >= 0.6 is 11.6 Å². The monoisotopic (exact) mass is 319 g/mol. The van der Waals surface area contributed by atoms with Crippen LogP contribution < -0.4 is 4.72 Å². The molecule has 3 nitrogen and oxygen atoms in total. The van der Waals surface area contributed by atoms with Gasteiger partial charge in [0, 0.05) is 6.04 Å². The lowest BCUT2D eigenvalue weighted by Crippen LogP contribution is -2.43. The van der Waals surface area contributed by atoms with Gasteiger partial charge in [-0.15, -0.1) is 0 Å². The molecule has 112 valence electrons. The molecule has 1 aromatic rings. The highest BCUT2D eigenvalue weighted by Crippen LogP contribution is 2.31. The van der Waals surface area contributed by atoms with Gasteiger partial charge in [0.05, 0.1) is 5.02 Å². The van der Waals surface area contributed by atoms with Crippen molar-refractivity contribution >= 4 is 21.6 Å². The van der Waals surface area contributed by atoms with Crippen LogP contribution in [0.3, 0.4) is 0 Å². The van der Waals surface area contributed by atoms with E-state index < -0.39 is 15.8 Å². The molecule has 0 spiro atoms. The molecule has 1 aromatic carbocycles. The summed E-state index contributed by atoms with van der Waals surface area (Å²) in [6.07, 6.45) is 2.95. The van der Waals surface area contributed by atoms with Gasteiger partial charge in [0.25, 0.3) is 0 Å². The van der Waals surface area contributed by atoms with Gasteiger partial charge in [-0.2, -0.15) is 0 Å². The van der Waals surface area contributed by atoms with Gasteiger partial charge in [-0.25, -0.2) is 17.5 Å². The maximum absolute atomic E-state index is 13.0. The highest BCUT2D eigenvalue weighted by Gasteiger charge is 2.31. The molecule has 1 N–H and O–H groups in total. The van der Waals surface area contributed by atoms with Crippen LogP contribution in [0.4, 0.5) is 4.39 Å². The van der Waals surface area contributed by atoms with Crippen molar-refractivity contribution < 1.29 is 12.8 Å². The molecule has 1 aliphatic carbocycles. The first-order valence-electron chi connectivity index (χ1n) is 6.78. The first kappa shape index (κ1) is 15.7. The van der Waals surface area contributed by atoms with Crippen molar-refractivity contribution in [2.45, 2.75) is 44.0 Å². The van der Waals surface area contributed by atoms with Crippen molar-refractivity contribution in [2.75, 3.05) is 0 Å². The quantitative estimate of drug-likeness (QED) is 0.925. The summed E-state index contributed by atoms with van der Waals surface area (Å²) in [6, 6.07) is 3.23.